The van der Waals surface area contributed by atoms with Crippen molar-refractivity contribution in [3.63, 3.8) is 0 Å². The number of benzene rings is 2. The fraction of sp³-hybridized carbons (Fsp3) is 0.419. The number of ether oxygens (including phenoxy) is 1. The molecule has 1 fully saturated rings. The summed E-state index contributed by atoms with van der Waals surface area (Å²) >= 11 is 0. The molecular weight excluding hydrogens is 445 g/mol. The minimum Gasteiger partial charge on any atom is -0.374 e. The molecule has 2 aromatic rings. The topological polar surface area (TPSA) is 9.23 Å². The van der Waals surface area contributed by atoms with Crippen LogP contribution in [0.15, 0.2) is 66.5 Å². The molecule has 0 amide bonds. The Bertz CT molecular complexity index is 1080. The Morgan fingerprint density at radius 3 is 2.26 bits per heavy atom. The van der Waals surface area contributed by atoms with Crippen LogP contribution in [-0.2, 0) is 4.74 Å². The average molecular weight is 481 g/mol. The second-order valence-corrected chi connectivity index (χ2v) is 9.68. The van der Waals surface area contributed by atoms with E-state index in [9.17, 15) is 4.39 Å². The van der Waals surface area contributed by atoms with Crippen LogP contribution in [0.25, 0.3) is 17.2 Å². The van der Waals surface area contributed by atoms with Crippen molar-refractivity contribution < 1.29 is 17.9 Å². The zero-order valence-electron chi connectivity index (χ0n) is 20.7. The van der Waals surface area contributed by atoms with Gasteiger partial charge in [-0.15, -0.1) is 0 Å². The van der Waals surface area contributed by atoms with Crippen molar-refractivity contribution in [2.45, 2.75) is 64.4 Å². The molecule has 1 nitrogen and oxygen atoms in total. The molecule has 186 valence electrons. The van der Waals surface area contributed by atoms with E-state index in [0.29, 0.717) is 29.2 Å². The van der Waals surface area contributed by atoms with Crippen LogP contribution >= 0.6 is 0 Å². The molecule has 2 aliphatic rings. The van der Waals surface area contributed by atoms with Crippen LogP contribution in [0.3, 0.4) is 0 Å². The van der Waals surface area contributed by atoms with Gasteiger partial charge in [-0.05, 0) is 87.0 Å². The molecule has 0 bridgehead atoms. The van der Waals surface area contributed by atoms with E-state index in [-0.39, 0.29) is 23.8 Å². The minimum atomic E-state index is -0.770. The smallest absolute Gasteiger partial charge is 0.166 e. The van der Waals surface area contributed by atoms with Gasteiger partial charge in [0.25, 0.3) is 0 Å². The van der Waals surface area contributed by atoms with E-state index in [4.69, 9.17) is 4.74 Å². The lowest BCUT2D eigenvalue weighted by Gasteiger charge is -2.28. The summed E-state index contributed by atoms with van der Waals surface area (Å²) in [5.41, 5.74) is 2.47. The molecule has 0 N–H and O–H groups in total. The zero-order valence-corrected chi connectivity index (χ0v) is 20.7. The van der Waals surface area contributed by atoms with Crippen LogP contribution in [0.4, 0.5) is 13.2 Å². The summed E-state index contributed by atoms with van der Waals surface area (Å²) in [6, 6.07) is 10.9. The van der Waals surface area contributed by atoms with Gasteiger partial charge in [0.1, 0.15) is 5.83 Å². The first-order valence-corrected chi connectivity index (χ1v) is 12.9. The van der Waals surface area contributed by atoms with E-state index in [1.54, 1.807) is 18.2 Å². The Hall–Kier alpha value is -2.59. The Labute approximate surface area is 207 Å². The summed E-state index contributed by atoms with van der Waals surface area (Å²) in [7, 11) is 0. The van der Waals surface area contributed by atoms with Crippen LogP contribution in [0.1, 0.15) is 69.4 Å². The monoisotopic (exact) mass is 480 g/mol. The fourth-order valence-corrected chi connectivity index (χ4v) is 5.38. The van der Waals surface area contributed by atoms with Crippen molar-refractivity contribution in [1.82, 2.24) is 0 Å². The third kappa shape index (κ3) is 6.16. The molecule has 4 rings (SSSR count). The van der Waals surface area contributed by atoms with Crippen LogP contribution in [-0.4, -0.2) is 12.7 Å². The molecule has 2 aliphatic carbocycles. The maximum absolute atomic E-state index is 15.1. The van der Waals surface area contributed by atoms with Gasteiger partial charge in [-0.25, -0.2) is 13.2 Å². The van der Waals surface area contributed by atoms with Gasteiger partial charge in [0, 0.05) is 18.1 Å². The summed E-state index contributed by atoms with van der Waals surface area (Å²) < 4.78 is 50.0. The maximum Gasteiger partial charge on any atom is 0.166 e. The Morgan fingerprint density at radius 1 is 0.857 bits per heavy atom. The van der Waals surface area contributed by atoms with Crippen molar-refractivity contribution in [3.05, 3.63) is 89.3 Å². The van der Waals surface area contributed by atoms with Gasteiger partial charge < -0.3 is 4.74 Å². The predicted molar refractivity (Wildman–Crippen MR) is 138 cm³/mol. The highest BCUT2D eigenvalue weighted by atomic mass is 19.2. The van der Waals surface area contributed by atoms with E-state index < -0.39 is 11.6 Å². The van der Waals surface area contributed by atoms with Gasteiger partial charge in [-0.1, -0.05) is 60.7 Å². The van der Waals surface area contributed by atoms with Gasteiger partial charge in [-0.3, -0.25) is 0 Å². The first-order chi connectivity index (χ1) is 17.0. The summed E-state index contributed by atoms with van der Waals surface area (Å²) in [6.45, 7) is 4.46. The van der Waals surface area contributed by atoms with Crippen molar-refractivity contribution in [2.75, 3.05) is 6.61 Å². The molecule has 0 heterocycles. The standard InChI is InChI=1S/C31H35F3O/c1-3-5-21-6-11-23(12-7-21)27-18-19-28(31(34)30(27)33)24-13-8-22(9-14-24)10-15-25-16-17-26(35-4-2)20-29(25)32/h3,5-7,10-12,15,18-20,22,24-26H,4,8-9,13-14,16-17H2,1-2H3/b5-3+,15-10+. The zero-order chi connectivity index (χ0) is 24.8. The van der Waals surface area contributed by atoms with Gasteiger partial charge in [0.15, 0.2) is 11.6 Å². The minimum absolute atomic E-state index is 0.0125. The van der Waals surface area contributed by atoms with E-state index in [2.05, 4.69) is 6.08 Å². The second-order valence-electron chi connectivity index (χ2n) is 9.68. The maximum atomic E-state index is 15.1. The van der Waals surface area contributed by atoms with Crippen LogP contribution in [0.5, 0.6) is 0 Å². The Balaban J connectivity index is 1.37. The lowest BCUT2D eigenvalue weighted by Crippen LogP contribution is -2.18. The quantitative estimate of drug-likeness (QED) is 0.359. The molecule has 4 heteroatoms. The molecule has 0 aromatic heterocycles. The number of rotatable bonds is 7. The molecular formula is C31H35F3O. The lowest BCUT2D eigenvalue weighted by molar-refractivity contribution is 0.0789. The van der Waals surface area contributed by atoms with E-state index in [1.165, 1.54) is 0 Å². The van der Waals surface area contributed by atoms with E-state index in [1.807, 2.05) is 56.3 Å². The lowest BCUT2D eigenvalue weighted by atomic mass is 9.77. The number of allylic oxidation sites excluding steroid dienone is 4. The average Bonchev–Trinajstić information content (AvgIpc) is 2.87. The summed E-state index contributed by atoms with van der Waals surface area (Å²) in [6.07, 6.45) is 14.5. The summed E-state index contributed by atoms with van der Waals surface area (Å²) in [5, 5.41) is 0. The SMILES string of the molecule is C/C=C/c1ccc(-c2ccc(C3CCC(/C=C/C4CCC(OCC)C=C4F)CC3)c(F)c2F)cc1. The highest BCUT2D eigenvalue weighted by Crippen LogP contribution is 2.40. The van der Waals surface area contributed by atoms with E-state index >= 15 is 8.78 Å². The first-order valence-electron chi connectivity index (χ1n) is 12.9. The number of hydrogen-bond acceptors (Lipinski definition) is 1. The molecule has 2 aromatic carbocycles. The summed E-state index contributed by atoms with van der Waals surface area (Å²) in [4.78, 5) is 0. The van der Waals surface area contributed by atoms with E-state index in [0.717, 1.165) is 44.1 Å². The van der Waals surface area contributed by atoms with Crippen molar-refractivity contribution in [2.24, 2.45) is 11.8 Å². The largest absolute Gasteiger partial charge is 0.374 e. The molecule has 0 spiro atoms. The molecule has 0 radical (unpaired) electrons. The third-order valence-corrected chi connectivity index (χ3v) is 7.36. The second kappa shape index (κ2) is 11.9. The van der Waals surface area contributed by atoms with Gasteiger partial charge in [-0.2, -0.15) is 0 Å². The van der Waals surface area contributed by atoms with Crippen LogP contribution < -0.4 is 0 Å². The van der Waals surface area contributed by atoms with Gasteiger partial charge in [0.2, 0.25) is 0 Å². The third-order valence-electron chi connectivity index (χ3n) is 7.36. The number of halogens is 3. The molecule has 2 unspecified atom stereocenters. The van der Waals surface area contributed by atoms with Crippen LogP contribution in [0.2, 0.25) is 0 Å². The van der Waals surface area contributed by atoms with Gasteiger partial charge in [0.05, 0.1) is 6.10 Å². The summed E-state index contributed by atoms with van der Waals surface area (Å²) in [5.74, 6) is -1.40. The van der Waals surface area contributed by atoms with Crippen molar-refractivity contribution >= 4 is 6.08 Å². The van der Waals surface area contributed by atoms with Crippen molar-refractivity contribution in [3.8, 4) is 11.1 Å². The van der Waals surface area contributed by atoms with Crippen molar-refractivity contribution in [1.29, 1.82) is 0 Å². The number of hydrogen-bond donors (Lipinski definition) is 0. The molecule has 35 heavy (non-hydrogen) atoms. The highest BCUT2D eigenvalue weighted by molar-refractivity contribution is 5.67. The molecule has 1 saturated carbocycles. The normalized spacial score (nSPS) is 25.3. The molecule has 0 aliphatic heterocycles. The first kappa shape index (κ1) is 25.5. The molecule has 0 saturated heterocycles. The Morgan fingerprint density at radius 2 is 1.60 bits per heavy atom. The fourth-order valence-electron chi connectivity index (χ4n) is 5.38. The molecule has 2 atom stereocenters. The Kier molecular flexibility index (Phi) is 8.67. The predicted octanol–water partition coefficient (Wildman–Crippen LogP) is 9.16. The van der Waals surface area contributed by atoms with Gasteiger partial charge >= 0.3 is 0 Å². The highest BCUT2D eigenvalue weighted by Gasteiger charge is 2.27. The van der Waals surface area contributed by atoms with Crippen LogP contribution in [0, 0.1) is 23.5 Å².